The van der Waals surface area contributed by atoms with Gasteiger partial charge in [-0.1, -0.05) is 30.9 Å². The zero-order valence-electron chi connectivity index (χ0n) is 22.3. The summed E-state index contributed by atoms with van der Waals surface area (Å²) in [5.74, 6) is 6.42. The second kappa shape index (κ2) is 9.22. The number of rotatable bonds is 2. The van der Waals surface area contributed by atoms with E-state index in [0.717, 1.165) is 30.5 Å². The highest BCUT2D eigenvalue weighted by molar-refractivity contribution is 5.93. The Balaban J connectivity index is 1.45. The van der Waals surface area contributed by atoms with E-state index in [0.29, 0.717) is 25.0 Å². The minimum atomic E-state index is -1.19. The van der Waals surface area contributed by atoms with Gasteiger partial charge in [0.15, 0.2) is 5.78 Å². The quantitative estimate of drug-likeness (QED) is 0.536. The Morgan fingerprint density at radius 3 is 2.53 bits per heavy atom. The number of ketones is 1. The topological polar surface area (TPSA) is 49.8 Å². The van der Waals surface area contributed by atoms with Gasteiger partial charge in [-0.2, -0.15) is 0 Å². The fourth-order valence-corrected chi connectivity index (χ4v) is 7.23. The van der Waals surface area contributed by atoms with Crippen molar-refractivity contribution in [2.24, 2.45) is 11.3 Å². The van der Waals surface area contributed by atoms with Crippen LogP contribution in [0.3, 0.4) is 0 Å². The second-order valence-corrected chi connectivity index (χ2v) is 11.7. The number of ether oxygens (including phenoxy) is 1. The highest BCUT2D eigenvalue weighted by atomic mass is 19.1. The van der Waals surface area contributed by atoms with E-state index in [2.05, 4.69) is 47.9 Å². The first-order valence-corrected chi connectivity index (χ1v) is 13.6. The molecule has 0 spiro atoms. The molecule has 1 aliphatic heterocycles. The molecule has 0 radical (unpaired) electrons. The van der Waals surface area contributed by atoms with Crippen molar-refractivity contribution in [3.63, 3.8) is 0 Å². The minimum absolute atomic E-state index is 0.0570. The van der Waals surface area contributed by atoms with Crippen molar-refractivity contribution in [3.8, 4) is 11.8 Å². The number of halogens is 1. The predicted octanol–water partition coefficient (Wildman–Crippen LogP) is 5.56. The maximum atomic E-state index is 13.4. The summed E-state index contributed by atoms with van der Waals surface area (Å²) in [4.78, 5) is 14.3. The fourth-order valence-electron chi connectivity index (χ4n) is 7.23. The van der Waals surface area contributed by atoms with E-state index in [-0.39, 0.29) is 29.5 Å². The molecule has 1 N–H and O–H groups in total. The molecular weight excluding hydrogens is 477 g/mol. The summed E-state index contributed by atoms with van der Waals surface area (Å²) >= 11 is 0. The summed E-state index contributed by atoms with van der Waals surface area (Å²) < 4.78 is 20.0. The molecule has 2 aromatic rings. The van der Waals surface area contributed by atoms with Crippen molar-refractivity contribution in [3.05, 3.63) is 88.3 Å². The molecule has 0 aromatic heterocycles. The third-order valence-electron chi connectivity index (χ3n) is 9.44. The molecule has 2 fully saturated rings. The average molecular weight is 512 g/mol. The van der Waals surface area contributed by atoms with Crippen molar-refractivity contribution in [2.45, 2.75) is 56.7 Å². The molecule has 5 atom stereocenters. The van der Waals surface area contributed by atoms with Gasteiger partial charge in [-0.05, 0) is 96.4 Å². The third kappa shape index (κ3) is 4.02. The van der Waals surface area contributed by atoms with E-state index in [9.17, 15) is 14.3 Å². The number of hydrogen-bond donors (Lipinski definition) is 1. The van der Waals surface area contributed by atoms with E-state index in [4.69, 9.17) is 4.74 Å². The van der Waals surface area contributed by atoms with Gasteiger partial charge in [-0.3, -0.25) is 4.79 Å². The molecular formula is C33H34FNO3. The van der Waals surface area contributed by atoms with Gasteiger partial charge >= 0.3 is 0 Å². The monoisotopic (exact) mass is 511 g/mol. The number of fused-ring (bicyclic) bond motifs is 4. The van der Waals surface area contributed by atoms with E-state index in [1.165, 1.54) is 28.8 Å². The van der Waals surface area contributed by atoms with Gasteiger partial charge in [-0.15, -0.1) is 0 Å². The van der Waals surface area contributed by atoms with E-state index >= 15 is 0 Å². The molecule has 2 saturated carbocycles. The zero-order chi connectivity index (χ0) is 26.7. The number of carbonyl (C=O) groups is 1. The molecule has 5 unspecified atom stereocenters. The van der Waals surface area contributed by atoms with E-state index in [1.807, 2.05) is 14.1 Å². The Kier molecular flexibility index (Phi) is 6.09. The lowest BCUT2D eigenvalue weighted by Crippen LogP contribution is -2.53. The molecule has 0 bridgehead atoms. The molecule has 3 aliphatic carbocycles. The van der Waals surface area contributed by atoms with Gasteiger partial charge in [0.05, 0.1) is 12.7 Å². The van der Waals surface area contributed by atoms with Crippen LogP contribution in [-0.4, -0.2) is 43.3 Å². The number of benzene rings is 2. The van der Waals surface area contributed by atoms with Gasteiger partial charge in [0.2, 0.25) is 0 Å². The SMILES string of the molecule is CN(C)c1ccc(C2CC3(C)C(CCC3(O)C#Cc3ccc(F)cc3)C3OCC4=CC(=O)CCC4=C23)cc1. The minimum Gasteiger partial charge on any atom is -0.378 e. The maximum Gasteiger partial charge on any atom is 0.156 e. The fraction of sp³-hybridized carbons (Fsp3) is 0.424. The van der Waals surface area contributed by atoms with Crippen LogP contribution in [0.1, 0.15) is 56.1 Å². The lowest BCUT2D eigenvalue weighted by Gasteiger charge is -2.53. The Labute approximate surface area is 224 Å². The van der Waals surface area contributed by atoms with Crippen molar-refractivity contribution in [2.75, 3.05) is 25.6 Å². The molecule has 5 heteroatoms. The molecule has 38 heavy (non-hydrogen) atoms. The molecule has 0 amide bonds. The highest BCUT2D eigenvalue weighted by Gasteiger charge is 2.63. The van der Waals surface area contributed by atoms with Gasteiger partial charge < -0.3 is 14.7 Å². The van der Waals surface area contributed by atoms with Crippen molar-refractivity contribution < 1.29 is 19.0 Å². The Bertz CT molecular complexity index is 1390. The van der Waals surface area contributed by atoms with Crippen molar-refractivity contribution >= 4 is 11.5 Å². The Morgan fingerprint density at radius 2 is 1.82 bits per heavy atom. The Hall–Kier alpha value is -3.20. The smallest absolute Gasteiger partial charge is 0.156 e. The number of allylic oxidation sites excluding steroid dienone is 1. The van der Waals surface area contributed by atoms with Crippen LogP contribution in [-0.2, 0) is 9.53 Å². The van der Waals surface area contributed by atoms with Crippen molar-refractivity contribution in [1.82, 2.24) is 0 Å². The summed E-state index contributed by atoms with van der Waals surface area (Å²) in [5.41, 5.74) is 4.95. The lowest BCUT2D eigenvalue weighted by atomic mass is 9.55. The zero-order valence-corrected chi connectivity index (χ0v) is 22.3. The number of carbonyl (C=O) groups excluding carboxylic acids is 1. The van der Waals surface area contributed by atoms with E-state index < -0.39 is 11.0 Å². The Morgan fingerprint density at radius 1 is 1.08 bits per heavy atom. The van der Waals surface area contributed by atoms with Crippen LogP contribution in [0.5, 0.6) is 0 Å². The largest absolute Gasteiger partial charge is 0.378 e. The van der Waals surface area contributed by atoms with Gasteiger partial charge in [0.25, 0.3) is 0 Å². The van der Waals surface area contributed by atoms with Crippen LogP contribution in [0.4, 0.5) is 10.1 Å². The van der Waals surface area contributed by atoms with E-state index in [1.54, 1.807) is 18.2 Å². The molecule has 196 valence electrons. The van der Waals surface area contributed by atoms with Crippen LogP contribution < -0.4 is 4.90 Å². The highest BCUT2D eigenvalue weighted by Crippen LogP contribution is 2.64. The van der Waals surface area contributed by atoms with Gasteiger partial charge in [0.1, 0.15) is 11.4 Å². The van der Waals surface area contributed by atoms with Crippen LogP contribution >= 0.6 is 0 Å². The summed E-state index contributed by atoms with van der Waals surface area (Å²) in [5, 5.41) is 12.1. The summed E-state index contributed by atoms with van der Waals surface area (Å²) in [6.45, 7) is 2.61. The van der Waals surface area contributed by atoms with Crippen LogP contribution in [0.15, 0.2) is 71.3 Å². The lowest BCUT2D eigenvalue weighted by molar-refractivity contribution is -0.115. The molecule has 0 saturated heterocycles. The summed E-state index contributed by atoms with van der Waals surface area (Å²) in [6.07, 6.45) is 5.08. The summed E-state index contributed by atoms with van der Waals surface area (Å²) in [7, 11) is 4.07. The van der Waals surface area contributed by atoms with Crippen LogP contribution in [0.2, 0.25) is 0 Å². The number of anilines is 1. The first-order chi connectivity index (χ1) is 18.2. The number of hydrogen-bond acceptors (Lipinski definition) is 4. The predicted molar refractivity (Wildman–Crippen MR) is 146 cm³/mol. The number of nitrogens with zero attached hydrogens (tertiary/aromatic N) is 1. The third-order valence-corrected chi connectivity index (χ3v) is 9.44. The molecule has 4 aliphatic rings. The molecule has 6 rings (SSSR count). The van der Waals surface area contributed by atoms with Crippen LogP contribution in [0, 0.1) is 29.0 Å². The standard InChI is InChI=1S/C33H34FNO3/c1-32-19-28(22-6-10-25(11-7-22)35(2)3)30-27-13-12-26(36)18-23(27)20-38-31(30)29(32)15-17-33(32,37)16-14-21-4-8-24(34)9-5-21/h4-11,18,28-29,31,37H,12-13,15,17,19-20H2,1-3H3. The van der Waals surface area contributed by atoms with Crippen LogP contribution in [0.25, 0.3) is 0 Å². The average Bonchev–Trinajstić information content (AvgIpc) is 3.18. The molecule has 4 nitrogen and oxygen atoms in total. The molecule has 1 heterocycles. The van der Waals surface area contributed by atoms with Gasteiger partial charge in [0, 0.05) is 43.1 Å². The second-order valence-electron chi connectivity index (χ2n) is 11.7. The van der Waals surface area contributed by atoms with Crippen molar-refractivity contribution in [1.29, 1.82) is 0 Å². The number of aliphatic hydroxyl groups is 1. The molecule has 2 aromatic carbocycles. The first kappa shape index (κ1) is 25.1. The summed E-state index contributed by atoms with van der Waals surface area (Å²) in [6, 6.07) is 14.8. The maximum absolute atomic E-state index is 13.4. The van der Waals surface area contributed by atoms with Gasteiger partial charge in [-0.25, -0.2) is 4.39 Å². The first-order valence-electron chi connectivity index (χ1n) is 13.6. The normalized spacial score (nSPS) is 32.0.